The number of esters is 1. The molecule has 2 aromatic rings. The third-order valence-corrected chi connectivity index (χ3v) is 10.4. The van der Waals surface area contributed by atoms with Crippen LogP contribution in [0.1, 0.15) is 107 Å². The largest absolute Gasteiger partial charge is 0.455 e. The van der Waals surface area contributed by atoms with Crippen LogP contribution < -0.4 is 10.6 Å². The lowest BCUT2D eigenvalue weighted by molar-refractivity contribution is -0.149. The lowest BCUT2D eigenvalue weighted by atomic mass is 9.92. The number of hydrogen-bond donors (Lipinski definition) is 3. The van der Waals surface area contributed by atoms with Crippen LogP contribution in [0.3, 0.4) is 0 Å². The lowest BCUT2D eigenvalue weighted by Crippen LogP contribution is -2.58. The Labute approximate surface area is 296 Å². The molecular formula is C37H57N5O6S. The Bertz CT molecular complexity index is 1350. The smallest absolute Gasteiger partial charge is 0.303 e. The van der Waals surface area contributed by atoms with Crippen molar-refractivity contribution in [2.24, 2.45) is 11.8 Å². The molecule has 11 nitrogen and oxygen atoms in total. The molecule has 1 saturated heterocycles. The first kappa shape index (κ1) is 40.1. The zero-order chi connectivity index (χ0) is 36.1. The summed E-state index contributed by atoms with van der Waals surface area (Å²) in [5.74, 6) is -1.29. The van der Waals surface area contributed by atoms with Crippen LogP contribution in [0.4, 0.5) is 0 Å². The van der Waals surface area contributed by atoms with E-state index < -0.39 is 30.1 Å². The van der Waals surface area contributed by atoms with Gasteiger partial charge in [0.15, 0.2) is 6.10 Å². The SMILES string of the molecule is CCCN(C(=O)C(NC(=O)C1CCCCN1C)C(C)CC)C(CC(OC(C)=O)c1nc(C(=O)NC(CO)Cc2ccccc2)cs1)C(C)C. The molecule has 1 aliphatic rings. The normalized spacial score (nSPS) is 18.2. The average molecular weight is 700 g/mol. The summed E-state index contributed by atoms with van der Waals surface area (Å²) in [4.78, 5) is 62.0. The minimum Gasteiger partial charge on any atom is -0.455 e. The van der Waals surface area contributed by atoms with Gasteiger partial charge in [0.1, 0.15) is 16.7 Å². The number of thiazole rings is 1. The highest BCUT2D eigenvalue weighted by molar-refractivity contribution is 7.09. The molecule has 2 heterocycles. The van der Waals surface area contributed by atoms with Gasteiger partial charge < -0.3 is 25.4 Å². The van der Waals surface area contributed by atoms with E-state index in [0.717, 1.165) is 31.4 Å². The van der Waals surface area contributed by atoms with Gasteiger partial charge in [-0.2, -0.15) is 0 Å². The van der Waals surface area contributed by atoms with E-state index in [1.807, 2.05) is 76.9 Å². The van der Waals surface area contributed by atoms with Crippen molar-refractivity contribution in [3.05, 3.63) is 52.0 Å². The Morgan fingerprint density at radius 2 is 1.82 bits per heavy atom. The number of nitrogens with zero attached hydrogens (tertiary/aromatic N) is 3. The molecule has 1 aromatic heterocycles. The van der Waals surface area contributed by atoms with Gasteiger partial charge in [-0.15, -0.1) is 11.3 Å². The molecule has 3 amide bonds. The zero-order valence-electron chi connectivity index (χ0n) is 30.3. The Morgan fingerprint density at radius 3 is 2.41 bits per heavy atom. The van der Waals surface area contributed by atoms with Crippen LogP contribution in [-0.4, -0.2) is 94.5 Å². The molecule has 0 radical (unpaired) electrons. The fourth-order valence-electron chi connectivity index (χ4n) is 6.44. The molecule has 12 heteroatoms. The number of ether oxygens (including phenoxy) is 1. The maximum absolute atomic E-state index is 14.5. The van der Waals surface area contributed by atoms with E-state index in [4.69, 9.17) is 4.74 Å². The zero-order valence-corrected chi connectivity index (χ0v) is 31.1. The van der Waals surface area contributed by atoms with E-state index in [0.29, 0.717) is 30.8 Å². The fourth-order valence-corrected chi connectivity index (χ4v) is 7.27. The summed E-state index contributed by atoms with van der Waals surface area (Å²) in [6.45, 7) is 12.5. The third-order valence-electron chi connectivity index (χ3n) is 9.44. The monoisotopic (exact) mass is 699 g/mol. The van der Waals surface area contributed by atoms with Crippen LogP contribution in [0, 0.1) is 11.8 Å². The highest BCUT2D eigenvalue weighted by Gasteiger charge is 2.38. The van der Waals surface area contributed by atoms with Crippen LogP contribution in [0.2, 0.25) is 0 Å². The molecule has 6 atom stereocenters. The van der Waals surface area contributed by atoms with Gasteiger partial charge in [0, 0.05) is 31.3 Å². The molecule has 49 heavy (non-hydrogen) atoms. The van der Waals surface area contributed by atoms with E-state index in [9.17, 15) is 24.3 Å². The van der Waals surface area contributed by atoms with E-state index >= 15 is 0 Å². The number of likely N-dealkylation sites (tertiary alicyclic amines) is 1. The van der Waals surface area contributed by atoms with Crippen molar-refractivity contribution < 1.29 is 29.0 Å². The summed E-state index contributed by atoms with van der Waals surface area (Å²) in [7, 11) is 1.96. The minimum atomic E-state index is -0.797. The van der Waals surface area contributed by atoms with Crippen molar-refractivity contribution in [2.45, 2.75) is 117 Å². The number of hydrogen-bond acceptors (Lipinski definition) is 9. The number of amides is 3. The molecule has 1 fully saturated rings. The Balaban J connectivity index is 1.84. The number of aliphatic hydroxyl groups excluding tert-OH is 1. The van der Waals surface area contributed by atoms with Gasteiger partial charge in [-0.25, -0.2) is 4.98 Å². The van der Waals surface area contributed by atoms with Crippen LogP contribution in [-0.2, 0) is 25.5 Å². The number of rotatable bonds is 18. The molecule has 3 rings (SSSR count). The fraction of sp³-hybridized carbons (Fsp3) is 0.649. The first-order valence-corrected chi connectivity index (χ1v) is 18.7. The average Bonchev–Trinajstić information content (AvgIpc) is 3.58. The summed E-state index contributed by atoms with van der Waals surface area (Å²) >= 11 is 1.22. The lowest BCUT2D eigenvalue weighted by Gasteiger charge is -2.40. The van der Waals surface area contributed by atoms with Crippen molar-refractivity contribution in [2.75, 3.05) is 26.7 Å². The summed E-state index contributed by atoms with van der Waals surface area (Å²) in [5, 5.41) is 18.0. The topological polar surface area (TPSA) is 141 Å². The van der Waals surface area contributed by atoms with Gasteiger partial charge in [0.05, 0.1) is 18.7 Å². The van der Waals surface area contributed by atoms with Gasteiger partial charge in [-0.05, 0) is 56.7 Å². The number of likely N-dealkylation sites (N-methyl/N-ethyl adjacent to an activating group) is 1. The first-order valence-electron chi connectivity index (χ1n) is 17.8. The van der Waals surface area contributed by atoms with Crippen LogP contribution in [0.5, 0.6) is 0 Å². The van der Waals surface area contributed by atoms with E-state index in [1.54, 1.807) is 5.38 Å². The van der Waals surface area contributed by atoms with Gasteiger partial charge in [0.2, 0.25) is 11.8 Å². The van der Waals surface area contributed by atoms with Crippen molar-refractivity contribution in [3.63, 3.8) is 0 Å². The Morgan fingerprint density at radius 1 is 1.10 bits per heavy atom. The number of carbonyl (C=O) groups excluding carboxylic acids is 4. The van der Waals surface area contributed by atoms with Gasteiger partial charge in [-0.3, -0.25) is 24.1 Å². The first-order chi connectivity index (χ1) is 23.4. The van der Waals surface area contributed by atoms with Crippen LogP contribution in [0.25, 0.3) is 0 Å². The maximum Gasteiger partial charge on any atom is 0.303 e. The van der Waals surface area contributed by atoms with E-state index in [1.165, 1.54) is 18.3 Å². The maximum atomic E-state index is 14.5. The van der Waals surface area contributed by atoms with Crippen molar-refractivity contribution in [1.82, 2.24) is 25.4 Å². The number of carbonyl (C=O) groups is 4. The predicted octanol–water partition coefficient (Wildman–Crippen LogP) is 4.75. The van der Waals surface area contributed by atoms with Gasteiger partial charge in [-0.1, -0.05) is 77.8 Å². The molecule has 0 spiro atoms. The van der Waals surface area contributed by atoms with Crippen molar-refractivity contribution in [1.29, 1.82) is 0 Å². The summed E-state index contributed by atoms with van der Waals surface area (Å²) < 4.78 is 5.81. The van der Waals surface area contributed by atoms with E-state index in [2.05, 4.69) is 20.5 Å². The van der Waals surface area contributed by atoms with Crippen molar-refractivity contribution in [3.8, 4) is 0 Å². The molecular weight excluding hydrogens is 643 g/mol. The second-order valence-electron chi connectivity index (χ2n) is 13.7. The van der Waals surface area contributed by atoms with Crippen molar-refractivity contribution >= 4 is 35.0 Å². The number of aromatic nitrogens is 1. The quantitative estimate of drug-likeness (QED) is 0.190. The molecule has 0 bridgehead atoms. The summed E-state index contributed by atoms with van der Waals surface area (Å²) in [5.41, 5.74) is 1.15. The highest BCUT2D eigenvalue weighted by Crippen LogP contribution is 2.32. The molecule has 272 valence electrons. The third kappa shape index (κ3) is 11.6. The minimum absolute atomic E-state index is 0.0163. The second kappa shape index (κ2) is 19.7. The van der Waals surface area contributed by atoms with Crippen LogP contribution in [0.15, 0.2) is 35.7 Å². The molecule has 3 N–H and O–H groups in total. The Kier molecular flexibility index (Phi) is 16.1. The molecule has 0 saturated carbocycles. The number of nitrogens with one attached hydrogen (secondary N) is 2. The molecule has 1 aromatic carbocycles. The van der Waals surface area contributed by atoms with Crippen LogP contribution >= 0.6 is 11.3 Å². The molecule has 0 aliphatic carbocycles. The van der Waals surface area contributed by atoms with E-state index in [-0.39, 0.29) is 54.5 Å². The Hall–Kier alpha value is -3.35. The summed E-state index contributed by atoms with van der Waals surface area (Å²) in [6, 6.07) is 7.80. The second-order valence-corrected chi connectivity index (χ2v) is 14.5. The predicted molar refractivity (Wildman–Crippen MR) is 192 cm³/mol. The number of aliphatic hydroxyl groups is 1. The number of benzene rings is 1. The standard InChI is InChI=1S/C37H57N5O6S/c1-8-18-42(37(47)33(25(5)9-2)40-35(46)30-17-13-14-19-41(30)7)31(24(3)4)21-32(48-26(6)44)36-39-29(23-49-36)34(45)38-28(22-43)20-27-15-11-10-12-16-27/h10-12,15-16,23-25,28,30-33,43H,8-9,13-14,17-22H2,1-7H3,(H,38,45)(H,40,46). The number of piperidine rings is 1. The van der Waals surface area contributed by atoms with Gasteiger partial charge in [0.25, 0.3) is 5.91 Å². The molecule has 1 aliphatic heterocycles. The summed E-state index contributed by atoms with van der Waals surface area (Å²) in [6.07, 6.45) is 4.16. The van der Waals surface area contributed by atoms with Gasteiger partial charge >= 0.3 is 5.97 Å². The molecule has 6 unspecified atom stereocenters. The highest BCUT2D eigenvalue weighted by atomic mass is 32.1.